The lowest BCUT2D eigenvalue weighted by atomic mass is 9.78. The van der Waals surface area contributed by atoms with Gasteiger partial charge in [0.2, 0.25) is 5.91 Å². The summed E-state index contributed by atoms with van der Waals surface area (Å²) in [4.78, 5) is 30.0. The number of benzene rings is 1. The van der Waals surface area contributed by atoms with Gasteiger partial charge in [-0.3, -0.25) is 9.59 Å². The van der Waals surface area contributed by atoms with Gasteiger partial charge in [0, 0.05) is 5.41 Å². The number of nitrogens with zero attached hydrogens (tertiary/aromatic N) is 1. The van der Waals surface area contributed by atoms with E-state index < -0.39 is 9.84 Å². The molecule has 6 nitrogen and oxygen atoms in total. The monoisotopic (exact) mass is 406 g/mol. The molecule has 1 aliphatic rings. The molecule has 1 heterocycles. The fourth-order valence-electron chi connectivity index (χ4n) is 2.93. The first-order valence-corrected chi connectivity index (χ1v) is 11.3. The molecule has 0 atom stereocenters. The number of thiazole rings is 1. The molecule has 27 heavy (non-hydrogen) atoms. The Morgan fingerprint density at radius 3 is 2.56 bits per heavy atom. The number of aromatic nitrogens is 1. The van der Waals surface area contributed by atoms with Crippen molar-refractivity contribution in [1.29, 1.82) is 0 Å². The van der Waals surface area contributed by atoms with Crippen molar-refractivity contribution in [3.63, 3.8) is 0 Å². The molecule has 3 rings (SSSR count). The first kappa shape index (κ1) is 19.7. The van der Waals surface area contributed by atoms with Crippen molar-refractivity contribution in [3.05, 3.63) is 40.4 Å². The van der Waals surface area contributed by atoms with Gasteiger partial charge in [-0.15, -0.1) is 0 Å². The van der Waals surface area contributed by atoms with Crippen LogP contribution in [-0.4, -0.2) is 30.8 Å². The SMILES string of the molecule is CCS(=O)(=O)c1ccc(CC(=O)Nc2nc3c(s2)C(=O)C(C)(C)CC3)cc1. The maximum atomic E-state index is 12.5. The molecular weight excluding hydrogens is 384 g/mol. The van der Waals surface area contributed by atoms with Crippen LogP contribution in [0.25, 0.3) is 0 Å². The molecule has 1 aliphatic carbocycles. The van der Waals surface area contributed by atoms with Crippen LogP contribution in [0, 0.1) is 5.41 Å². The Kier molecular flexibility index (Phi) is 5.22. The van der Waals surface area contributed by atoms with E-state index in [1.807, 2.05) is 13.8 Å². The second kappa shape index (κ2) is 7.16. The summed E-state index contributed by atoms with van der Waals surface area (Å²) in [6.07, 6.45) is 1.59. The highest BCUT2D eigenvalue weighted by Crippen LogP contribution is 2.38. The molecule has 2 aromatic rings. The number of nitrogens with one attached hydrogen (secondary N) is 1. The standard InChI is InChI=1S/C19H22N2O4S2/c1-4-27(24,25)13-7-5-12(6-8-13)11-15(22)21-18-20-14-9-10-19(2,3)17(23)16(14)26-18/h5-8H,4,9-11H2,1-3H3,(H,20,21,22). The van der Waals surface area contributed by atoms with Crippen molar-refractivity contribution in [1.82, 2.24) is 4.98 Å². The number of fused-ring (bicyclic) bond motifs is 1. The van der Waals surface area contributed by atoms with Gasteiger partial charge < -0.3 is 5.32 Å². The number of hydrogen-bond acceptors (Lipinski definition) is 6. The van der Waals surface area contributed by atoms with Gasteiger partial charge in [0.15, 0.2) is 20.8 Å². The lowest BCUT2D eigenvalue weighted by Gasteiger charge is -2.26. The number of sulfone groups is 1. The molecule has 0 saturated heterocycles. The van der Waals surface area contributed by atoms with Crippen molar-refractivity contribution >= 4 is 38.0 Å². The Hall–Kier alpha value is -2.06. The minimum atomic E-state index is -3.25. The average molecular weight is 407 g/mol. The Labute approximate surface area is 162 Å². The van der Waals surface area contributed by atoms with Crippen molar-refractivity contribution in [2.45, 2.75) is 44.9 Å². The minimum absolute atomic E-state index is 0.0388. The minimum Gasteiger partial charge on any atom is -0.302 e. The smallest absolute Gasteiger partial charge is 0.230 e. The number of aryl methyl sites for hydroxylation is 1. The van der Waals surface area contributed by atoms with Crippen molar-refractivity contribution in [2.75, 3.05) is 11.1 Å². The molecule has 1 aromatic carbocycles. The third-order valence-corrected chi connectivity index (χ3v) is 7.54. The zero-order valence-electron chi connectivity index (χ0n) is 15.5. The van der Waals surface area contributed by atoms with E-state index in [-0.39, 0.29) is 34.2 Å². The highest BCUT2D eigenvalue weighted by Gasteiger charge is 2.36. The largest absolute Gasteiger partial charge is 0.302 e. The molecule has 0 unspecified atom stereocenters. The van der Waals surface area contributed by atoms with Gasteiger partial charge in [-0.2, -0.15) is 0 Å². The lowest BCUT2D eigenvalue weighted by Crippen LogP contribution is -2.29. The summed E-state index contributed by atoms with van der Waals surface area (Å²) < 4.78 is 23.7. The second-order valence-electron chi connectivity index (χ2n) is 7.28. The first-order chi connectivity index (χ1) is 12.6. The highest BCUT2D eigenvalue weighted by atomic mass is 32.2. The quantitative estimate of drug-likeness (QED) is 0.822. The van der Waals surface area contributed by atoms with E-state index >= 15 is 0 Å². The number of rotatable bonds is 5. The summed E-state index contributed by atoms with van der Waals surface area (Å²) in [6.45, 7) is 5.45. The summed E-state index contributed by atoms with van der Waals surface area (Å²) in [5, 5.41) is 3.18. The van der Waals surface area contributed by atoms with Gasteiger partial charge >= 0.3 is 0 Å². The van der Waals surface area contributed by atoms with Crippen LogP contribution in [0.15, 0.2) is 29.2 Å². The van der Waals surface area contributed by atoms with Crippen LogP contribution in [0.5, 0.6) is 0 Å². The Morgan fingerprint density at radius 1 is 1.26 bits per heavy atom. The molecule has 8 heteroatoms. The number of hydrogen-bond donors (Lipinski definition) is 1. The van der Waals surface area contributed by atoms with Crippen LogP contribution < -0.4 is 5.32 Å². The predicted octanol–water partition coefficient (Wildman–Crippen LogP) is 3.27. The van der Waals surface area contributed by atoms with Gasteiger partial charge in [-0.1, -0.05) is 44.2 Å². The molecule has 0 aliphatic heterocycles. The molecule has 144 valence electrons. The molecule has 0 saturated carbocycles. The van der Waals surface area contributed by atoms with E-state index in [4.69, 9.17) is 0 Å². The molecule has 1 amide bonds. The highest BCUT2D eigenvalue weighted by molar-refractivity contribution is 7.91. The molecule has 0 spiro atoms. The Balaban J connectivity index is 1.68. The molecule has 0 fully saturated rings. The summed E-state index contributed by atoms with van der Waals surface area (Å²) in [5.41, 5.74) is 1.08. The molecule has 1 N–H and O–H groups in total. The summed E-state index contributed by atoms with van der Waals surface area (Å²) in [7, 11) is -3.25. The van der Waals surface area contributed by atoms with E-state index in [0.29, 0.717) is 15.6 Å². The normalized spacial score (nSPS) is 16.0. The summed E-state index contributed by atoms with van der Waals surface area (Å²) >= 11 is 1.22. The van der Waals surface area contributed by atoms with Gasteiger partial charge in [-0.05, 0) is 30.5 Å². The number of anilines is 1. The first-order valence-electron chi connectivity index (χ1n) is 8.78. The summed E-state index contributed by atoms with van der Waals surface area (Å²) in [5.74, 6) is -0.134. The fraction of sp³-hybridized carbons (Fsp3) is 0.421. The van der Waals surface area contributed by atoms with Crippen molar-refractivity contribution in [2.24, 2.45) is 5.41 Å². The van der Waals surface area contributed by atoms with Gasteiger partial charge in [0.25, 0.3) is 0 Å². The zero-order valence-corrected chi connectivity index (χ0v) is 17.2. The maximum absolute atomic E-state index is 12.5. The number of Topliss-reactive ketones (excluding diaryl/α,β-unsaturated/α-hetero) is 1. The number of carbonyl (C=O) groups is 2. The van der Waals surface area contributed by atoms with Crippen LogP contribution in [0.1, 0.15) is 48.1 Å². The number of carbonyl (C=O) groups excluding carboxylic acids is 2. The van der Waals surface area contributed by atoms with E-state index in [9.17, 15) is 18.0 Å². The average Bonchev–Trinajstić information content (AvgIpc) is 3.02. The topological polar surface area (TPSA) is 93.2 Å². The van der Waals surface area contributed by atoms with Crippen LogP contribution >= 0.6 is 11.3 Å². The molecule has 0 bridgehead atoms. The van der Waals surface area contributed by atoms with Gasteiger partial charge in [-0.25, -0.2) is 13.4 Å². The van der Waals surface area contributed by atoms with Crippen molar-refractivity contribution in [3.8, 4) is 0 Å². The third-order valence-electron chi connectivity index (χ3n) is 4.78. The predicted molar refractivity (Wildman–Crippen MR) is 105 cm³/mol. The molecule has 1 aromatic heterocycles. The molecular formula is C19H22N2O4S2. The lowest BCUT2D eigenvalue weighted by molar-refractivity contribution is -0.115. The van der Waals surface area contributed by atoms with Crippen molar-refractivity contribution < 1.29 is 18.0 Å². The van der Waals surface area contributed by atoms with E-state index in [2.05, 4.69) is 10.3 Å². The maximum Gasteiger partial charge on any atom is 0.230 e. The van der Waals surface area contributed by atoms with Gasteiger partial charge in [0.05, 0.1) is 27.6 Å². The molecule has 0 radical (unpaired) electrons. The van der Waals surface area contributed by atoms with Crippen LogP contribution in [0.2, 0.25) is 0 Å². The van der Waals surface area contributed by atoms with E-state index in [0.717, 1.165) is 18.5 Å². The number of amides is 1. The van der Waals surface area contributed by atoms with Crippen LogP contribution in [-0.2, 0) is 27.5 Å². The zero-order chi connectivity index (χ0) is 19.8. The van der Waals surface area contributed by atoms with Crippen LogP contribution in [0.4, 0.5) is 5.13 Å². The second-order valence-corrected chi connectivity index (χ2v) is 10.6. The Morgan fingerprint density at radius 2 is 1.93 bits per heavy atom. The van der Waals surface area contributed by atoms with Gasteiger partial charge in [0.1, 0.15) is 0 Å². The fourth-order valence-corrected chi connectivity index (χ4v) is 4.97. The van der Waals surface area contributed by atoms with Crippen LogP contribution in [0.3, 0.4) is 0 Å². The number of ketones is 1. The Bertz CT molecular complexity index is 989. The summed E-state index contributed by atoms with van der Waals surface area (Å²) in [6, 6.07) is 6.32. The third kappa shape index (κ3) is 4.11. The van der Waals surface area contributed by atoms with E-state index in [1.165, 1.54) is 23.5 Å². The van der Waals surface area contributed by atoms with E-state index in [1.54, 1.807) is 19.1 Å².